The van der Waals surface area contributed by atoms with E-state index in [9.17, 15) is 4.39 Å². The van der Waals surface area contributed by atoms with Gasteiger partial charge in [0, 0.05) is 38.8 Å². The maximum absolute atomic E-state index is 13.3. The highest BCUT2D eigenvalue weighted by atomic mass is 35.5. The molecule has 1 fully saturated rings. The van der Waals surface area contributed by atoms with E-state index in [2.05, 4.69) is 14.9 Å². The number of rotatable bonds is 4. The third kappa shape index (κ3) is 4.53. The Morgan fingerprint density at radius 3 is 2.36 bits per heavy atom. The number of aromatic nitrogens is 2. The third-order valence-electron chi connectivity index (χ3n) is 4.72. The van der Waals surface area contributed by atoms with Gasteiger partial charge in [0.05, 0.1) is 10.7 Å². The fourth-order valence-corrected chi connectivity index (χ4v) is 3.75. The summed E-state index contributed by atoms with van der Waals surface area (Å²) in [7, 11) is 1.87. The van der Waals surface area contributed by atoms with E-state index in [1.54, 1.807) is 10.7 Å². The number of nitrogens with zero attached hydrogens (tertiary/aromatic N) is 4. The summed E-state index contributed by atoms with van der Waals surface area (Å²) in [6.07, 6.45) is 1.09. The van der Waals surface area contributed by atoms with Crippen LogP contribution in [0, 0.1) is 12.7 Å². The summed E-state index contributed by atoms with van der Waals surface area (Å²) < 4.78 is 15.0. The molecule has 136 valence electrons. The van der Waals surface area contributed by atoms with Crippen LogP contribution in [-0.2, 0) is 20.1 Å². The number of hydrogen-bond acceptors (Lipinski definition) is 3. The second-order valence-electron chi connectivity index (χ2n) is 6.63. The summed E-state index contributed by atoms with van der Waals surface area (Å²) in [5.74, 6) is -0.365. The van der Waals surface area contributed by atoms with Crippen molar-refractivity contribution >= 4 is 23.2 Å². The Morgan fingerprint density at radius 2 is 1.76 bits per heavy atom. The van der Waals surface area contributed by atoms with Crippen molar-refractivity contribution in [3.63, 3.8) is 0 Å². The predicted molar refractivity (Wildman–Crippen MR) is 99.5 cm³/mol. The molecule has 1 aromatic heterocycles. The predicted octanol–water partition coefficient (Wildman–Crippen LogP) is 3.88. The maximum atomic E-state index is 13.3. The minimum Gasteiger partial charge on any atom is -0.298 e. The molecular weight excluding hydrogens is 362 g/mol. The molecule has 0 saturated carbocycles. The Bertz CT molecular complexity index is 747. The third-order valence-corrected chi connectivity index (χ3v) is 5.49. The van der Waals surface area contributed by atoms with E-state index in [0.717, 1.165) is 67.7 Å². The van der Waals surface area contributed by atoms with Gasteiger partial charge in [0.1, 0.15) is 11.0 Å². The van der Waals surface area contributed by atoms with E-state index in [-0.39, 0.29) is 10.8 Å². The quantitative estimate of drug-likeness (QED) is 0.799. The molecule has 25 heavy (non-hydrogen) atoms. The molecule has 0 bridgehead atoms. The molecule has 1 aliphatic heterocycles. The van der Waals surface area contributed by atoms with Crippen LogP contribution in [0.5, 0.6) is 0 Å². The lowest BCUT2D eigenvalue weighted by molar-refractivity contribution is 0.247. The summed E-state index contributed by atoms with van der Waals surface area (Å²) in [6.45, 7) is 7.61. The standard InChI is InChI=1S/C18H23Cl2FN4/c1-13-15(18(20)23(2)22-13)12-25-7-3-6-24(8-9-25)11-14-4-5-17(21)16(19)10-14/h4-5,10H,3,6-9,11-12H2,1-2H3. The molecule has 0 N–H and O–H groups in total. The van der Waals surface area contributed by atoms with Gasteiger partial charge in [-0.15, -0.1) is 0 Å². The van der Waals surface area contributed by atoms with Gasteiger partial charge in [-0.2, -0.15) is 5.10 Å². The Morgan fingerprint density at radius 1 is 1.08 bits per heavy atom. The number of aryl methyl sites for hydroxylation is 2. The second kappa shape index (κ2) is 8.04. The van der Waals surface area contributed by atoms with Gasteiger partial charge in [0.15, 0.2) is 0 Å². The van der Waals surface area contributed by atoms with Gasteiger partial charge >= 0.3 is 0 Å². The van der Waals surface area contributed by atoms with Crippen LogP contribution in [0.4, 0.5) is 4.39 Å². The highest BCUT2D eigenvalue weighted by molar-refractivity contribution is 6.30. The Kier molecular flexibility index (Phi) is 6.00. The Balaban J connectivity index is 1.59. The van der Waals surface area contributed by atoms with Crippen LogP contribution in [0.3, 0.4) is 0 Å². The van der Waals surface area contributed by atoms with Gasteiger partial charge in [0.25, 0.3) is 0 Å². The van der Waals surface area contributed by atoms with Crippen LogP contribution in [0.2, 0.25) is 10.2 Å². The van der Waals surface area contributed by atoms with Gasteiger partial charge in [-0.1, -0.05) is 29.3 Å². The molecule has 0 aliphatic carbocycles. The first kappa shape index (κ1) is 18.6. The van der Waals surface area contributed by atoms with Crippen LogP contribution in [-0.4, -0.2) is 45.8 Å². The number of benzene rings is 1. The highest BCUT2D eigenvalue weighted by Gasteiger charge is 2.19. The van der Waals surface area contributed by atoms with Crippen LogP contribution in [0.25, 0.3) is 0 Å². The van der Waals surface area contributed by atoms with Crippen molar-refractivity contribution in [2.45, 2.75) is 26.4 Å². The lowest BCUT2D eigenvalue weighted by Gasteiger charge is -2.22. The van der Waals surface area contributed by atoms with E-state index >= 15 is 0 Å². The molecule has 0 atom stereocenters. The lowest BCUT2D eigenvalue weighted by atomic mass is 10.2. The van der Waals surface area contributed by atoms with Crippen molar-refractivity contribution < 1.29 is 4.39 Å². The van der Waals surface area contributed by atoms with Gasteiger partial charge in [0.2, 0.25) is 0 Å². The molecule has 2 heterocycles. The minimum absolute atomic E-state index is 0.190. The van der Waals surface area contributed by atoms with E-state index in [0.29, 0.717) is 0 Å². The van der Waals surface area contributed by atoms with Crippen LogP contribution >= 0.6 is 23.2 Å². The first-order valence-electron chi connectivity index (χ1n) is 8.50. The maximum Gasteiger partial charge on any atom is 0.141 e. The van der Waals surface area contributed by atoms with Crippen molar-refractivity contribution in [2.75, 3.05) is 26.2 Å². The minimum atomic E-state index is -0.365. The molecule has 0 radical (unpaired) electrons. The molecule has 0 unspecified atom stereocenters. The molecule has 7 heteroatoms. The number of halogens is 3. The van der Waals surface area contributed by atoms with Crippen molar-refractivity contribution in [3.05, 3.63) is 51.0 Å². The van der Waals surface area contributed by atoms with Crippen LogP contribution in [0.15, 0.2) is 18.2 Å². The molecule has 1 aromatic carbocycles. The lowest BCUT2D eigenvalue weighted by Crippen LogP contribution is -2.30. The first-order valence-corrected chi connectivity index (χ1v) is 9.26. The van der Waals surface area contributed by atoms with Crippen molar-refractivity contribution in [2.24, 2.45) is 7.05 Å². The smallest absolute Gasteiger partial charge is 0.141 e. The molecule has 1 saturated heterocycles. The monoisotopic (exact) mass is 384 g/mol. The van der Waals surface area contributed by atoms with E-state index in [1.165, 1.54) is 6.07 Å². The zero-order valence-corrected chi connectivity index (χ0v) is 16.1. The average molecular weight is 385 g/mol. The van der Waals surface area contributed by atoms with Crippen molar-refractivity contribution in [3.8, 4) is 0 Å². The molecule has 3 rings (SSSR count). The summed E-state index contributed by atoms with van der Waals surface area (Å²) in [5.41, 5.74) is 3.16. The molecule has 4 nitrogen and oxygen atoms in total. The van der Waals surface area contributed by atoms with E-state index in [4.69, 9.17) is 23.2 Å². The van der Waals surface area contributed by atoms with Gasteiger partial charge < -0.3 is 0 Å². The molecule has 2 aromatic rings. The van der Waals surface area contributed by atoms with Crippen LogP contribution in [0.1, 0.15) is 23.2 Å². The summed E-state index contributed by atoms with van der Waals surface area (Å²) in [6, 6.07) is 4.97. The van der Waals surface area contributed by atoms with Crippen molar-refractivity contribution in [1.29, 1.82) is 0 Å². The average Bonchev–Trinajstić information content (AvgIpc) is 2.74. The van der Waals surface area contributed by atoms with E-state index in [1.807, 2.05) is 20.0 Å². The zero-order chi connectivity index (χ0) is 18.0. The number of hydrogen-bond donors (Lipinski definition) is 0. The SMILES string of the molecule is Cc1nn(C)c(Cl)c1CN1CCCN(Cc2ccc(F)c(Cl)c2)CC1. The Labute approximate surface area is 158 Å². The topological polar surface area (TPSA) is 24.3 Å². The largest absolute Gasteiger partial charge is 0.298 e. The summed E-state index contributed by atoms with van der Waals surface area (Å²) >= 11 is 12.2. The normalized spacial score (nSPS) is 17.0. The van der Waals surface area contributed by atoms with E-state index < -0.39 is 0 Å². The van der Waals surface area contributed by atoms with Gasteiger partial charge in [-0.05, 0) is 44.1 Å². The summed E-state index contributed by atoms with van der Waals surface area (Å²) in [5, 5.41) is 5.30. The van der Waals surface area contributed by atoms with Gasteiger partial charge in [-0.25, -0.2) is 4.39 Å². The molecular formula is C18H23Cl2FN4. The first-order chi connectivity index (χ1) is 11.9. The fraction of sp³-hybridized carbons (Fsp3) is 0.500. The second-order valence-corrected chi connectivity index (χ2v) is 7.40. The highest BCUT2D eigenvalue weighted by Crippen LogP contribution is 2.22. The Hall–Kier alpha value is -1.14. The molecule has 1 aliphatic rings. The van der Waals surface area contributed by atoms with Crippen molar-refractivity contribution in [1.82, 2.24) is 19.6 Å². The van der Waals surface area contributed by atoms with Crippen LogP contribution < -0.4 is 0 Å². The fourth-order valence-electron chi connectivity index (χ4n) is 3.31. The summed E-state index contributed by atoms with van der Waals surface area (Å²) in [4.78, 5) is 4.81. The van der Waals surface area contributed by atoms with Gasteiger partial charge in [-0.3, -0.25) is 14.5 Å². The zero-order valence-electron chi connectivity index (χ0n) is 14.6. The molecule has 0 amide bonds. The molecule has 0 spiro atoms.